The summed E-state index contributed by atoms with van der Waals surface area (Å²) in [4.78, 5) is 56.6. The second-order valence-electron chi connectivity index (χ2n) is 16.4. The highest BCUT2D eigenvalue weighted by Gasteiger charge is 2.64. The summed E-state index contributed by atoms with van der Waals surface area (Å²) < 4.78 is 82.0. The number of carbonyl (C=O) groups is 3. The van der Waals surface area contributed by atoms with E-state index in [9.17, 15) is 31.5 Å². The van der Waals surface area contributed by atoms with Gasteiger partial charge in [-0.3, -0.25) is 24.8 Å². The fourth-order valence-corrected chi connectivity index (χ4v) is 7.78. The van der Waals surface area contributed by atoms with Crippen LogP contribution in [0.5, 0.6) is 0 Å². The first-order valence-corrected chi connectivity index (χ1v) is 19.7. The zero-order chi connectivity index (χ0) is 43.9. The number of nitrogens with zero attached hydrogens (tertiary/aromatic N) is 6. The minimum absolute atomic E-state index is 0.0555. The van der Waals surface area contributed by atoms with E-state index >= 15 is 4.79 Å². The lowest BCUT2D eigenvalue weighted by Gasteiger charge is -2.35. The monoisotopic (exact) mass is 865 g/mol. The second-order valence-corrected chi connectivity index (χ2v) is 16.8. The summed E-state index contributed by atoms with van der Waals surface area (Å²) >= 11 is 6.54. The fourth-order valence-electron chi connectivity index (χ4n) is 7.58. The molecule has 1 aliphatic heterocycles. The fraction of sp³-hybridized carbons (Fsp3) is 0.372. The zero-order valence-electron chi connectivity index (χ0n) is 33.5. The average molecular weight is 866 g/mol. The molecule has 1 saturated carbocycles. The number of fused-ring (bicyclic) bond motifs is 1. The first-order chi connectivity index (χ1) is 28.8. The Kier molecular flexibility index (Phi) is 11.6. The Labute approximate surface area is 352 Å². The van der Waals surface area contributed by atoms with Crippen LogP contribution >= 0.6 is 11.6 Å². The molecule has 5 aromatic rings. The van der Waals surface area contributed by atoms with E-state index in [-0.39, 0.29) is 48.1 Å². The first kappa shape index (κ1) is 43.1. The van der Waals surface area contributed by atoms with Gasteiger partial charge in [0.15, 0.2) is 11.4 Å². The molecule has 2 atom stereocenters. The van der Waals surface area contributed by atoms with Crippen molar-refractivity contribution in [3.63, 3.8) is 0 Å². The van der Waals surface area contributed by atoms with Crippen molar-refractivity contribution in [1.82, 2.24) is 30.0 Å². The summed E-state index contributed by atoms with van der Waals surface area (Å²) in [6.45, 7) is 6.61. The molecule has 12 nitrogen and oxygen atoms in total. The number of aliphatic imine (C=N–C) groups is 1. The van der Waals surface area contributed by atoms with Crippen molar-refractivity contribution in [3.05, 3.63) is 119 Å². The minimum atomic E-state index is -4.66. The van der Waals surface area contributed by atoms with Crippen molar-refractivity contribution < 1.29 is 45.8 Å². The Morgan fingerprint density at radius 3 is 2.38 bits per heavy atom. The van der Waals surface area contributed by atoms with Gasteiger partial charge in [0.2, 0.25) is 5.96 Å². The number of halogens is 6. The highest BCUT2D eigenvalue weighted by molar-refractivity contribution is 6.32. The Hall–Kier alpha value is -5.97. The van der Waals surface area contributed by atoms with E-state index in [1.807, 2.05) is 33.8 Å². The Bertz CT molecular complexity index is 2500. The van der Waals surface area contributed by atoms with Crippen LogP contribution in [0, 0.1) is 17.8 Å². The maximum Gasteiger partial charge on any atom is 0.414 e. The zero-order valence-corrected chi connectivity index (χ0v) is 34.2. The van der Waals surface area contributed by atoms with Crippen molar-refractivity contribution in [1.29, 1.82) is 0 Å². The normalized spacial score (nSPS) is 18.0. The van der Waals surface area contributed by atoms with E-state index in [1.165, 1.54) is 18.2 Å². The third kappa shape index (κ3) is 8.92. The predicted molar refractivity (Wildman–Crippen MR) is 214 cm³/mol. The van der Waals surface area contributed by atoms with Crippen molar-refractivity contribution in [2.75, 3.05) is 6.61 Å². The van der Waals surface area contributed by atoms with Gasteiger partial charge in [-0.1, -0.05) is 80.9 Å². The summed E-state index contributed by atoms with van der Waals surface area (Å²) in [5.74, 6) is -2.98. The van der Waals surface area contributed by atoms with Crippen LogP contribution in [0.1, 0.15) is 87.1 Å². The first-order valence-electron chi connectivity index (χ1n) is 19.3. The number of alkyl halides is 5. The Morgan fingerprint density at radius 1 is 0.967 bits per heavy atom. The SMILES string of the molecule is Cc1nccc2cc([C@@]3(CC(C)(C)C)N=C(NC(=O)OCc4ccccc4)N([C@H](COC(=O)CC4(C(F)(F)F)CC4)c4ccc(Cl)c(-n5ncnc5C(F)F)c4)C3=O)ccc12. The van der Waals surface area contributed by atoms with E-state index in [1.54, 1.807) is 54.7 Å². The van der Waals surface area contributed by atoms with Crippen LogP contribution in [0.2, 0.25) is 5.02 Å². The topological polar surface area (TPSA) is 141 Å². The Balaban J connectivity index is 1.37. The van der Waals surface area contributed by atoms with Gasteiger partial charge < -0.3 is 9.47 Å². The predicted octanol–water partition coefficient (Wildman–Crippen LogP) is 9.49. The van der Waals surface area contributed by atoms with Gasteiger partial charge in [-0.2, -0.15) is 18.3 Å². The number of alkyl carbamates (subject to hydrolysis) is 1. The van der Waals surface area contributed by atoms with Gasteiger partial charge in [-0.15, -0.1) is 0 Å². The van der Waals surface area contributed by atoms with Gasteiger partial charge >= 0.3 is 18.2 Å². The van der Waals surface area contributed by atoms with Crippen molar-refractivity contribution in [3.8, 4) is 5.69 Å². The molecule has 2 amide bonds. The van der Waals surface area contributed by atoms with Crippen LogP contribution in [0.15, 0.2) is 90.3 Å². The standard InChI is InChI=1S/C43H41ClF5N7O5/c1-25-30-12-11-29(18-27(30)14-17-50-25)42(23-40(2,3)4)37(58)55(38(54-42)53-39(59)61-21-26-8-6-5-7-9-26)33(22-60-34(57)20-41(15-16-41)43(47,48)49)28-10-13-31(44)32(19-28)56-36(35(45)46)51-24-52-56/h5-14,17-19,24,33,35H,15-16,20-23H2,1-4H3,(H,53,54,59)/t33-,42-/m1/s1. The highest BCUT2D eigenvalue weighted by Crippen LogP contribution is 2.60. The number of ether oxygens (including phenoxy) is 2. The van der Waals surface area contributed by atoms with Crippen molar-refractivity contribution >= 4 is 46.3 Å². The number of aryl methyl sites for hydroxylation is 1. The largest absolute Gasteiger partial charge is 0.463 e. The summed E-state index contributed by atoms with van der Waals surface area (Å²) in [7, 11) is 0. The molecule has 1 N–H and O–H groups in total. The molecular weight excluding hydrogens is 825 g/mol. The number of hydrogen-bond donors (Lipinski definition) is 1. The number of esters is 1. The Morgan fingerprint density at radius 2 is 1.70 bits per heavy atom. The summed E-state index contributed by atoms with van der Waals surface area (Å²) in [6.07, 6.45) is -7.63. The van der Waals surface area contributed by atoms with E-state index in [0.717, 1.165) is 32.4 Å². The molecule has 0 bridgehead atoms. The summed E-state index contributed by atoms with van der Waals surface area (Å²) in [6, 6.07) is 18.5. The molecule has 0 unspecified atom stereocenters. The van der Waals surface area contributed by atoms with Crippen LogP contribution in [0.25, 0.3) is 16.5 Å². The molecule has 2 aromatic heterocycles. The molecule has 0 spiro atoms. The van der Waals surface area contributed by atoms with Crippen LogP contribution in [0.3, 0.4) is 0 Å². The second kappa shape index (κ2) is 16.5. The molecule has 1 fully saturated rings. The molecule has 61 heavy (non-hydrogen) atoms. The van der Waals surface area contributed by atoms with Gasteiger partial charge in [0.1, 0.15) is 19.5 Å². The van der Waals surface area contributed by atoms with Gasteiger partial charge in [-0.05, 0) is 77.9 Å². The molecule has 3 aromatic carbocycles. The lowest BCUT2D eigenvalue weighted by atomic mass is 9.75. The van der Waals surface area contributed by atoms with E-state index in [0.29, 0.717) is 11.1 Å². The number of pyridine rings is 1. The van der Waals surface area contributed by atoms with E-state index in [4.69, 9.17) is 26.1 Å². The maximum absolute atomic E-state index is 15.6. The molecule has 18 heteroatoms. The number of carbonyl (C=O) groups excluding carboxylic acids is 3. The number of benzene rings is 3. The number of aromatic nitrogens is 4. The van der Waals surface area contributed by atoms with Gasteiger partial charge in [-0.25, -0.2) is 28.2 Å². The third-order valence-electron chi connectivity index (χ3n) is 10.8. The molecule has 320 valence electrons. The molecule has 3 heterocycles. The number of nitrogens with one attached hydrogen (secondary N) is 1. The van der Waals surface area contributed by atoms with Crippen molar-refractivity contribution in [2.45, 2.75) is 84.2 Å². The summed E-state index contributed by atoms with van der Waals surface area (Å²) in [5, 5.41) is 8.04. The lowest BCUT2D eigenvalue weighted by molar-refractivity contribution is -0.195. The van der Waals surface area contributed by atoms with Crippen LogP contribution in [-0.4, -0.2) is 61.4 Å². The number of rotatable bonds is 12. The minimum Gasteiger partial charge on any atom is -0.463 e. The van der Waals surface area contributed by atoms with Crippen LogP contribution < -0.4 is 5.32 Å². The molecule has 0 saturated heterocycles. The van der Waals surface area contributed by atoms with Gasteiger partial charge in [0.05, 0.1) is 28.6 Å². The lowest BCUT2D eigenvalue weighted by Crippen LogP contribution is -2.49. The van der Waals surface area contributed by atoms with Crippen molar-refractivity contribution in [2.24, 2.45) is 15.8 Å². The average Bonchev–Trinajstić information content (AvgIpc) is 3.74. The molecule has 7 rings (SSSR count). The third-order valence-corrected chi connectivity index (χ3v) is 11.1. The highest BCUT2D eigenvalue weighted by atomic mass is 35.5. The molecular formula is C43H41ClF5N7O5. The smallest absolute Gasteiger partial charge is 0.414 e. The van der Waals surface area contributed by atoms with Gasteiger partial charge in [0, 0.05) is 17.3 Å². The summed E-state index contributed by atoms with van der Waals surface area (Å²) in [5.41, 5.74) is -2.77. The maximum atomic E-state index is 15.6. The molecule has 1 aliphatic carbocycles. The quantitative estimate of drug-likeness (QED) is 0.0967. The molecule has 2 aliphatic rings. The van der Waals surface area contributed by atoms with E-state index in [2.05, 4.69) is 20.4 Å². The van der Waals surface area contributed by atoms with Crippen LogP contribution in [0.4, 0.5) is 26.7 Å². The number of guanidine groups is 1. The molecule has 0 radical (unpaired) electrons. The number of amides is 2. The van der Waals surface area contributed by atoms with E-state index < -0.39 is 71.8 Å². The van der Waals surface area contributed by atoms with Gasteiger partial charge in [0.25, 0.3) is 12.3 Å². The number of hydrogen-bond acceptors (Lipinski definition) is 9. The van der Waals surface area contributed by atoms with Crippen LogP contribution in [-0.2, 0) is 31.2 Å².